The molecule has 3 aromatic rings. The van der Waals surface area contributed by atoms with E-state index in [0.717, 1.165) is 41.0 Å². The lowest BCUT2D eigenvalue weighted by molar-refractivity contribution is -0.136. The molecule has 1 saturated heterocycles. The Balaban J connectivity index is 1.21. The number of carbonyl (C=O) groups excluding carboxylic acids is 3. The quantitative estimate of drug-likeness (QED) is 0.244. The molecule has 9 nitrogen and oxygen atoms in total. The SMILES string of the molecule is O=C1[C@@H]2N=NN(CC(=O)N3N=C4/C(=C/c5ccc(Cl)cc5Cl)CCC[C@@H]4[C@H]3c3ccc(Cl)cc3Cl)[C@H]2C(=O)N1c1ccc(Cl)cc1Cl. The summed E-state index contributed by atoms with van der Waals surface area (Å²) in [5.41, 5.74) is 3.30. The Morgan fingerprint density at radius 1 is 0.830 bits per heavy atom. The summed E-state index contributed by atoms with van der Waals surface area (Å²) < 4.78 is 0. The van der Waals surface area contributed by atoms with E-state index in [1.165, 1.54) is 28.2 Å². The average molecular weight is 751 g/mol. The Morgan fingerprint density at radius 3 is 2.21 bits per heavy atom. The van der Waals surface area contributed by atoms with Crippen molar-refractivity contribution in [1.82, 2.24) is 10.0 Å². The summed E-state index contributed by atoms with van der Waals surface area (Å²) in [6.45, 7) is -0.376. The lowest BCUT2D eigenvalue weighted by atomic mass is 9.77. The van der Waals surface area contributed by atoms with E-state index in [0.29, 0.717) is 30.7 Å². The van der Waals surface area contributed by atoms with Crippen LogP contribution in [0.4, 0.5) is 5.69 Å². The topological polar surface area (TPSA) is 98.0 Å². The minimum Gasteiger partial charge on any atom is -0.271 e. The van der Waals surface area contributed by atoms with E-state index in [1.54, 1.807) is 30.3 Å². The number of benzene rings is 3. The molecule has 4 aliphatic rings. The molecule has 0 radical (unpaired) electrons. The third kappa shape index (κ3) is 5.81. The van der Waals surface area contributed by atoms with Crippen molar-refractivity contribution in [2.24, 2.45) is 21.4 Å². The van der Waals surface area contributed by atoms with Gasteiger partial charge in [0.25, 0.3) is 17.7 Å². The molecule has 15 heteroatoms. The molecular weight excluding hydrogens is 729 g/mol. The summed E-state index contributed by atoms with van der Waals surface area (Å²) in [4.78, 5) is 42.1. The van der Waals surface area contributed by atoms with Crippen molar-refractivity contribution in [3.8, 4) is 0 Å². The molecule has 0 unspecified atom stereocenters. The zero-order valence-electron chi connectivity index (χ0n) is 24.1. The van der Waals surface area contributed by atoms with Crippen molar-refractivity contribution in [2.45, 2.75) is 37.4 Å². The van der Waals surface area contributed by atoms with Crippen molar-refractivity contribution in [1.29, 1.82) is 0 Å². The minimum atomic E-state index is -1.13. The fourth-order valence-electron chi connectivity index (χ4n) is 6.53. The van der Waals surface area contributed by atoms with E-state index < -0.39 is 35.8 Å². The van der Waals surface area contributed by atoms with Crippen LogP contribution >= 0.6 is 69.6 Å². The summed E-state index contributed by atoms with van der Waals surface area (Å²) in [7, 11) is 0. The molecule has 3 heterocycles. The standard InChI is InChI=1S/C32H22Cl6N6O3/c33-17-5-4-15(22(36)11-17)10-16-2-1-3-21-27(16)40-44(29(21)20-8-6-18(34)12-23(20)37)26(45)14-42-30-28(39-41-42)31(46)43(32(30)47)25-9-7-19(35)13-24(25)38/h4-13,21,28-30H,1-3,14H2/b16-10+/t21-,28+,29+,30+/m0/s1. The van der Waals surface area contributed by atoms with E-state index in [9.17, 15) is 14.4 Å². The number of allylic oxidation sites excluding steroid dienone is 1. The van der Waals surface area contributed by atoms with E-state index >= 15 is 0 Å². The first-order valence-corrected chi connectivity index (χ1v) is 16.8. The molecule has 7 rings (SSSR count). The number of fused-ring (bicyclic) bond motifs is 2. The largest absolute Gasteiger partial charge is 0.271 e. The van der Waals surface area contributed by atoms with Gasteiger partial charge in [-0.1, -0.05) is 87.0 Å². The van der Waals surface area contributed by atoms with Crippen LogP contribution in [0.1, 0.15) is 36.4 Å². The second-order valence-corrected chi connectivity index (χ2v) is 14.0. The first-order chi connectivity index (χ1) is 22.5. The summed E-state index contributed by atoms with van der Waals surface area (Å²) in [5.74, 6) is -1.86. The highest BCUT2D eigenvalue weighted by Gasteiger charge is 2.56. The van der Waals surface area contributed by atoms with Crippen LogP contribution < -0.4 is 4.90 Å². The molecule has 47 heavy (non-hydrogen) atoms. The maximum atomic E-state index is 14.2. The first-order valence-electron chi connectivity index (χ1n) is 14.5. The van der Waals surface area contributed by atoms with E-state index in [1.807, 2.05) is 12.1 Å². The molecule has 2 fully saturated rings. The van der Waals surface area contributed by atoms with Gasteiger partial charge in [-0.25, -0.2) is 9.91 Å². The zero-order valence-corrected chi connectivity index (χ0v) is 28.6. The van der Waals surface area contributed by atoms with Crippen LogP contribution in [0.25, 0.3) is 6.08 Å². The molecule has 4 atom stereocenters. The molecule has 0 N–H and O–H groups in total. The third-order valence-electron chi connectivity index (χ3n) is 8.64. The molecule has 0 aromatic heterocycles. The number of rotatable bonds is 5. The van der Waals surface area contributed by atoms with Gasteiger partial charge in [0.05, 0.1) is 22.5 Å². The maximum Gasteiger partial charge on any atom is 0.264 e. The second-order valence-electron chi connectivity index (χ2n) is 11.5. The van der Waals surface area contributed by atoms with Crippen LogP contribution in [0.5, 0.6) is 0 Å². The van der Waals surface area contributed by atoms with Gasteiger partial charge in [0, 0.05) is 31.0 Å². The van der Waals surface area contributed by atoms with Crippen LogP contribution in [0.3, 0.4) is 0 Å². The highest BCUT2D eigenvalue weighted by molar-refractivity contribution is 6.39. The number of amides is 3. The number of imide groups is 1. The predicted octanol–water partition coefficient (Wildman–Crippen LogP) is 8.72. The Morgan fingerprint density at radius 2 is 1.51 bits per heavy atom. The Hall–Kier alpha value is -3.18. The lowest BCUT2D eigenvalue weighted by Gasteiger charge is -2.31. The highest BCUT2D eigenvalue weighted by atomic mass is 35.5. The third-order valence-corrected chi connectivity index (χ3v) is 10.3. The van der Waals surface area contributed by atoms with Gasteiger partial charge in [-0.05, 0) is 84.5 Å². The average Bonchev–Trinajstić information content (AvgIpc) is 3.68. The molecular formula is C32H22Cl6N6O3. The lowest BCUT2D eigenvalue weighted by Crippen LogP contribution is -2.45. The van der Waals surface area contributed by atoms with E-state index in [2.05, 4.69) is 10.3 Å². The number of carbonyl (C=O) groups is 3. The van der Waals surface area contributed by atoms with Gasteiger partial charge in [0.2, 0.25) is 0 Å². The van der Waals surface area contributed by atoms with Crippen LogP contribution in [0.15, 0.2) is 75.6 Å². The molecule has 240 valence electrons. The maximum absolute atomic E-state index is 14.2. The zero-order chi connectivity index (χ0) is 33.1. The monoisotopic (exact) mass is 748 g/mol. The van der Waals surface area contributed by atoms with E-state index in [-0.39, 0.29) is 23.2 Å². The number of nitrogens with zero attached hydrogens (tertiary/aromatic N) is 6. The number of hydrogen-bond acceptors (Lipinski definition) is 7. The Bertz CT molecular complexity index is 1950. The van der Waals surface area contributed by atoms with Gasteiger partial charge in [-0.3, -0.25) is 19.4 Å². The number of anilines is 1. The van der Waals surface area contributed by atoms with Crippen molar-refractivity contribution < 1.29 is 14.4 Å². The van der Waals surface area contributed by atoms with Crippen molar-refractivity contribution >= 4 is 105 Å². The van der Waals surface area contributed by atoms with Crippen molar-refractivity contribution in [2.75, 3.05) is 11.4 Å². The summed E-state index contributed by atoms with van der Waals surface area (Å²) in [6.07, 6.45) is 4.28. The molecule has 0 bridgehead atoms. The molecule has 1 saturated carbocycles. The van der Waals surface area contributed by atoms with Gasteiger partial charge >= 0.3 is 0 Å². The van der Waals surface area contributed by atoms with Gasteiger partial charge in [0.1, 0.15) is 6.54 Å². The molecule has 3 aromatic carbocycles. The fraction of sp³-hybridized carbons (Fsp3) is 0.250. The number of hydrogen-bond donors (Lipinski definition) is 0. The normalized spacial score (nSPS) is 24.3. The highest BCUT2D eigenvalue weighted by Crippen LogP contribution is 2.47. The van der Waals surface area contributed by atoms with Crippen molar-refractivity contribution in [3.05, 3.63) is 101 Å². The van der Waals surface area contributed by atoms with Gasteiger partial charge in [-0.2, -0.15) is 10.2 Å². The van der Waals surface area contributed by atoms with E-state index in [4.69, 9.17) is 74.7 Å². The predicted molar refractivity (Wildman–Crippen MR) is 183 cm³/mol. The summed E-state index contributed by atoms with van der Waals surface area (Å²) in [5, 5.41) is 18.0. The van der Waals surface area contributed by atoms with Crippen LogP contribution in [-0.2, 0) is 14.4 Å². The molecule has 0 spiro atoms. The summed E-state index contributed by atoms with van der Waals surface area (Å²) in [6, 6.07) is 12.0. The molecule has 1 aliphatic carbocycles. The van der Waals surface area contributed by atoms with Gasteiger partial charge in [-0.15, -0.1) is 0 Å². The number of hydrazone groups is 1. The Labute approximate surface area is 299 Å². The van der Waals surface area contributed by atoms with Crippen LogP contribution in [-0.4, -0.2) is 52.1 Å². The first kappa shape index (κ1) is 32.4. The Kier molecular flexibility index (Phi) is 8.74. The fourth-order valence-corrected chi connectivity index (χ4v) is 8.00. The summed E-state index contributed by atoms with van der Waals surface area (Å²) >= 11 is 37.9. The van der Waals surface area contributed by atoms with Gasteiger partial charge < -0.3 is 0 Å². The molecule has 3 aliphatic heterocycles. The smallest absolute Gasteiger partial charge is 0.264 e. The van der Waals surface area contributed by atoms with Crippen molar-refractivity contribution in [3.63, 3.8) is 0 Å². The molecule has 3 amide bonds. The number of halogens is 6. The minimum absolute atomic E-state index is 0.126. The van der Waals surface area contributed by atoms with Crippen LogP contribution in [0, 0.1) is 5.92 Å². The van der Waals surface area contributed by atoms with Crippen LogP contribution in [0.2, 0.25) is 30.1 Å². The second kappa shape index (κ2) is 12.7. The van der Waals surface area contributed by atoms with Gasteiger partial charge in [0.15, 0.2) is 12.1 Å².